The van der Waals surface area contributed by atoms with E-state index < -0.39 is 27.9 Å². The molecule has 0 saturated carbocycles. The zero-order valence-corrected chi connectivity index (χ0v) is 30.0. The molecule has 3 aromatic rings. The number of aryl methyl sites for hydroxylation is 1. The summed E-state index contributed by atoms with van der Waals surface area (Å²) in [5.74, 6) is -0.471. The molecule has 0 atom stereocenters. The number of esters is 1. The lowest BCUT2D eigenvalue weighted by atomic mass is 10.0. The highest BCUT2D eigenvalue weighted by molar-refractivity contribution is 7.89. The standard InChI is InChI=1S/C38H54F3N3O4S/c1-3-4-5-6-7-8-9-10-11-12-13-14-15-16-17-18-29-48-37(45)27-28-42-49(46,47)34-25-23-33(24-26-34)44-35(30-36(43-44)38(39,40)41)32-21-19-31(2)20-22-32/h19-26,30,42H,3-18,27-29H2,1-2H3. The van der Waals surface area contributed by atoms with Crippen LogP contribution in [0.3, 0.4) is 0 Å². The van der Waals surface area contributed by atoms with Gasteiger partial charge in [0.2, 0.25) is 10.0 Å². The molecule has 0 radical (unpaired) electrons. The van der Waals surface area contributed by atoms with E-state index in [-0.39, 0.29) is 29.2 Å². The third kappa shape index (κ3) is 14.7. The van der Waals surface area contributed by atoms with Crippen LogP contribution in [0.15, 0.2) is 59.5 Å². The average Bonchev–Trinajstić information content (AvgIpc) is 3.53. The molecule has 1 N–H and O–H groups in total. The molecule has 0 aliphatic carbocycles. The zero-order valence-electron chi connectivity index (χ0n) is 29.2. The van der Waals surface area contributed by atoms with E-state index in [1.54, 1.807) is 24.3 Å². The lowest BCUT2D eigenvalue weighted by Crippen LogP contribution is -2.26. The Bertz CT molecular complexity index is 1490. The zero-order chi connectivity index (χ0) is 35.5. The molecule has 2 aromatic carbocycles. The van der Waals surface area contributed by atoms with Crippen molar-refractivity contribution in [2.24, 2.45) is 0 Å². The molecule has 0 amide bonds. The number of nitrogens with zero attached hydrogens (tertiary/aromatic N) is 2. The summed E-state index contributed by atoms with van der Waals surface area (Å²) in [5.41, 5.74) is 0.926. The molecule has 1 heterocycles. The van der Waals surface area contributed by atoms with Crippen LogP contribution in [0, 0.1) is 6.92 Å². The second-order valence-electron chi connectivity index (χ2n) is 12.9. The van der Waals surface area contributed by atoms with Gasteiger partial charge in [0, 0.05) is 12.1 Å². The van der Waals surface area contributed by atoms with Gasteiger partial charge in [0.1, 0.15) is 0 Å². The average molecular weight is 706 g/mol. The lowest BCUT2D eigenvalue weighted by molar-refractivity contribution is -0.143. The number of hydrogen-bond donors (Lipinski definition) is 1. The van der Waals surface area contributed by atoms with Crippen molar-refractivity contribution in [1.82, 2.24) is 14.5 Å². The smallest absolute Gasteiger partial charge is 0.435 e. The van der Waals surface area contributed by atoms with Crippen molar-refractivity contribution >= 4 is 16.0 Å². The summed E-state index contributed by atoms with van der Waals surface area (Å²) in [4.78, 5) is 12.0. The highest BCUT2D eigenvalue weighted by Crippen LogP contribution is 2.33. The van der Waals surface area contributed by atoms with Gasteiger partial charge >= 0.3 is 12.1 Å². The van der Waals surface area contributed by atoms with Crippen LogP contribution >= 0.6 is 0 Å². The van der Waals surface area contributed by atoms with Crippen molar-refractivity contribution in [3.63, 3.8) is 0 Å². The first-order valence-electron chi connectivity index (χ1n) is 18.0. The first-order valence-corrected chi connectivity index (χ1v) is 19.5. The van der Waals surface area contributed by atoms with E-state index in [1.165, 1.54) is 108 Å². The number of unbranched alkanes of at least 4 members (excludes halogenated alkanes) is 15. The van der Waals surface area contributed by atoms with Crippen LogP contribution < -0.4 is 4.72 Å². The first-order chi connectivity index (χ1) is 23.5. The van der Waals surface area contributed by atoms with Gasteiger partial charge in [-0.05, 0) is 43.7 Å². The number of carbonyl (C=O) groups is 1. The molecule has 0 spiro atoms. The number of benzene rings is 2. The number of hydrogen-bond acceptors (Lipinski definition) is 5. The van der Waals surface area contributed by atoms with Gasteiger partial charge in [-0.25, -0.2) is 17.8 Å². The fraction of sp³-hybridized carbons (Fsp3) is 0.579. The van der Waals surface area contributed by atoms with E-state index in [1.807, 2.05) is 6.92 Å². The second-order valence-corrected chi connectivity index (χ2v) is 14.6. The third-order valence-corrected chi connectivity index (χ3v) is 10.1. The summed E-state index contributed by atoms with van der Waals surface area (Å²) < 4.78 is 74.9. The summed E-state index contributed by atoms with van der Waals surface area (Å²) in [7, 11) is -3.96. The number of carbonyl (C=O) groups excluding carboxylic acids is 1. The fourth-order valence-corrected chi connectivity index (χ4v) is 6.72. The summed E-state index contributed by atoms with van der Waals surface area (Å²) in [6.45, 7) is 4.32. The number of nitrogens with one attached hydrogen (secondary N) is 1. The van der Waals surface area contributed by atoms with Crippen LogP contribution in [-0.2, 0) is 25.7 Å². The van der Waals surface area contributed by atoms with Crippen LogP contribution in [0.1, 0.15) is 127 Å². The van der Waals surface area contributed by atoms with Gasteiger partial charge in [-0.15, -0.1) is 0 Å². The molecule has 272 valence electrons. The van der Waals surface area contributed by atoms with E-state index in [4.69, 9.17) is 4.74 Å². The van der Waals surface area contributed by atoms with E-state index >= 15 is 0 Å². The van der Waals surface area contributed by atoms with Crippen LogP contribution in [0.4, 0.5) is 13.2 Å². The quantitative estimate of drug-likeness (QED) is 0.0740. The number of aromatic nitrogens is 2. The maximum Gasteiger partial charge on any atom is 0.435 e. The van der Waals surface area contributed by atoms with Gasteiger partial charge in [0.25, 0.3) is 0 Å². The molecule has 1 aromatic heterocycles. The Kier molecular flexibility index (Phi) is 17.4. The topological polar surface area (TPSA) is 90.3 Å². The van der Waals surface area contributed by atoms with Crippen LogP contribution in [0.2, 0.25) is 0 Å². The molecule has 49 heavy (non-hydrogen) atoms. The Morgan fingerprint density at radius 1 is 0.776 bits per heavy atom. The van der Waals surface area contributed by atoms with Gasteiger partial charge < -0.3 is 4.74 Å². The first kappa shape index (κ1) is 40.3. The predicted octanol–water partition coefficient (Wildman–Crippen LogP) is 10.3. The Morgan fingerprint density at radius 3 is 1.80 bits per heavy atom. The molecular weight excluding hydrogens is 651 g/mol. The number of alkyl halides is 3. The number of halogens is 3. The van der Waals surface area contributed by atoms with Gasteiger partial charge in [-0.3, -0.25) is 4.79 Å². The van der Waals surface area contributed by atoms with Crippen molar-refractivity contribution in [3.05, 3.63) is 65.9 Å². The molecule has 0 aliphatic heterocycles. The summed E-state index contributed by atoms with van der Waals surface area (Å²) in [6, 6.07) is 13.3. The maximum absolute atomic E-state index is 13.5. The predicted molar refractivity (Wildman–Crippen MR) is 189 cm³/mol. The Morgan fingerprint density at radius 2 is 1.29 bits per heavy atom. The van der Waals surface area contributed by atoms with Crippen molar-refractivity contribution in [3.8, 4) is 16.9 Å². The molecule has 3 rings (SSSR count). The summed E-state index contributed by atoms with van der Waals surface area (Å²) >= 11 is 0. The second kappa shape index (κ2) is 21.1. The number of rotatable bonds is 24. The molecule has 0 unspecified atom stereocenters. The monoisotopic (exact) mass is 705 g/mol. The van der Waals surface area contributed by atoms with Gasteiger partial charge in [-0.1, -0.05) is 133 Å². The molecule has 11 heteroatoms. The maximum atomic E-state index is 13.5. The van der Waals surface area contributed by atoms with E-state index in [0.717, 1.165) is 35.6 Å². The van der Waals surface area contributed by atoms with Crippen molar-refractivity contribution in [1.29, 1.82) is 0 Å². The Hall–Kier alpha value is -3.18. The van der Waals surface area contributed by atoms with Gasteiger partial charge in [-0.2, -0.15) is 18.3 Å². The highest BCUT2D eigenvalue weighted by Gasteiger charge is 2.35. The molecule has 0 bridgehead atoms. The summed E-state index contributed by atoms with van der Waals surface area (Å²) in [5, 5.41) is 3.76. The molecular formula is C38H54F3N3O4S. The minimum absolute atomic E-state index is 0.0853. The minimum atomic E-state index is -4.65. The Labute approximate surface area is 291 Å². The SMILES string of the molecule is CCCCCCCCCCCCCCCCCCOC(=O)CCNS(=O)(=O)c1ccc(-n2nc(C(F)(F)F)cc2-c2ccc(C)cc2)cc1. The number of sulfonamides is 1. The minimum Gasteiger partial charge on any atom is -0.466 e. The van der Waals surface area contributed by atoms with E-state index in [0.29, 0.717) is 12.2 Å². The van der Waals surface area contributed by atoms with Crippen LogP contribution in [0.5, 0.6) is 0 Å². The Balaban J connectivity index is 1.31. The lowest BCUT2D eigenvalue weighted by Gasteiger charge is -2.10. The summed E-state index contributed by atoms with van der Waals surface area (Å²) in [6.07, 6.45) is 15.5. The highest BCUT2D eigenvalue weighted by atomic mass is 32.2. The van der Waals surface area contributed by atoms with Crippen LogP contribution in [-0.4, -0.2) is 37.3 Å². The molecule has 7 nitrogen and oxygen atoms in total. The molecule has 0 saturated heterocycles. The van der Waals surface area contributed by atoms with Crippen molar-refractivity contribution in [2.75, 3.05) is 13.2 Å². The third-order valence-electron chi connectivity index (χ3n) is 8.62. The number of ether oxygens (including phenoxy) is 1. The van der Waals surface area contributed by atoms with E-state index in [9.17, 15) is 26.4 Å². The largest absolute Gasteiger partial charge is 0.466 e. The van der Waals surface area contributed by atoms with Crippen LogP contribution in [0.25, 0.3) is 16.9 Å². The molecule has 0 fully saturated rings. The van der Waals surface area contributed by atoms with Crippen molar-refractivity contribution < 1.29 is 31.1 Å². The molecule has 0 aliphatic rings. The van der Waals surface area contributed by atoms with Gasteiger partial charge in [0.05, 0.1) is 29.3 Å². The normalized spacial score (nSPS) is 12.0. The van der Waals surface area contributed by atoms with Crippen molar-refractivity contribution in [2.45, 2.75) is 134 Å². The van der Waals surface area contributed by atoms with E-state index in [2.05, 4.69) is 16.7 Å². The fourth-order valence-electron chi connectivity index (χ4n) is 5.69. The van der Waals surface area contributed by atoms with Gasteiger partial charge in [0.15, 0.2) is 5.69 Å².